The SMILES string of the molecule is CS(=O)(=O)c1cc(NC(=O)Cc2ccccc2Cl)cc2sc(C3CC3)nc12. The van der Waals surface area contributed by atoms with E-state index in [1.165, 1.54) is 17.4 Å². The van der Waals surface area contributed by atoms with Crippen molar-refractivity contribution >= 4 is 54.6 Å². The van der Waals surface area contributed by atoms with Crippen molar-refractivity contribution in [1.82, 2.24) is 4.98 Å². The van der Waals surface area contributed by atoms with Crippen LogP contribution >= 0.6 is 22.9 Å². The normalized spacial score (nSPS) is 14.4. The largest absolute Gasteiger partial charge is 0.326 e. The molecule has 0 atom stereocenters. The molecule has 0 unspecified atom stereocenters. The van der Waals surface area contributed by atoms with E-state index in [0.717, 1.165) is 34.4 Å². The summed E-state index contributed by atoms with van der Waals surface area (Å²) >= 11 is 7.60. The van der Waals surface area contributed by atoms with Gasteiger partial charge in [0.15, 0.2) is 9.84 Å². The van der Waals surface area contributed by atoms with Crippen molar-refractivity contribution in [3.63, 3.8) is 0 Å². The topological polar surface area (TPSA) is 76.1 Å². The minimum Gasteiger partial charge on any atom is -0.326 e. The lowest BCUT2D eigenvalue weighted by Crippen LogP contribution is -2.15. The number of carbonyl (C=O) groups is 1. The summed E-state index contributed by atoms with van der Waals surface area (Å²) in [6, 6.07) is 10.4. The third-order valence-corrected chi connectivity index (χ3v) is 7.04. The van der Waals surface area contributed by atoms with Crippen LogP contribution in [-0.2, 0) is 21.1 Å². The summed E-state index contributed by atoms with van der Waals surface area (Å²) in [6.45, 7) is 0. The highest BCUT2D eigenvalue weighted by molar-refractivity contribution is 7.91. The van der Waals surface area contributed by atoms with Crippen molar-refractivity contribution in [1.29, 1.82) is 0 Å². The Balaban J connectivity index is 1.67. The van der Waals surface area contributed by atoms with Gasteiger partial charge in [-0.3, -0.25) is 4.79 Å². The lowest BCUT2D eigenvalue weighted by molar-refractivity contribution is -0.115. The molecule has 0 bridgehead atoms. The Hall–Kier alpha value is -1.96. The Morgan fingerprint density at radius 3 is 2.70 bits per heavy atom. The summed E-state index contributed by atoms with van der Waals surface area (Å²) in [5.74, 6) is 0.182. The van der Waals surface area contributed by atoms with Crippen molar-refractivity contribution in [2.24, 2.45) is 0 Å². The number of benzene rings is 2. The van der Waals surface area contributed by atoms with E-state index in [9.17, 15) is 13.2 Å². The molecule has 1 fully saturated rings. The minimum atomic E-state index is -3.47. The Morgan fingerprint density at radius 2 is 2.04 bits per heavy atom. The fourth-order valence-electron chi connectivity index (χ4n) is 2.90. The van der Waals surface area contributed by atoms with E-state index in [4.69, 9.17) is 11.6 Å². The number of hydrogen-bond donors (Lipinski definition) is 1. The molecule has 140 valence electrons. The molecule has 8 heteroatoms. The molecule has 2 aromatic carbocycles. The van der Waals surface area contributed by atoms with Crippen molar-refractivity contribution in [3.8, 4) is 0 Å². The molecule has 1 aliphatic carbocycles. The second kappa shape index (κ2) is 6.89. The molecule has 0 radical (unpaired) electrons. The number of anilines is 1. The number of nitrogens with one attached hydrogen (secondary N) is 1. The highest BCUT2D eigenvalue weighted by atomic mass is 35.5. The van der Waals surface area contributed by atoms with E-state index in [0.29, 0.717) is 22.1 Å². The van der Waals surface area contributed by atoms with Gasteiger partial charge in [-0.15, -0.1) is 11.3 Å². The number of carbonyl (C=O) groups excluding carboxylic acids is 1. The Bertz CT molecular complexity index is 1150. The van der Waals surface area contributed by atoms with Crippen molar-refractivity contribution in [3.05, 3.63) is 52.0 Å². The molecule has 1 aliphatic rings. The smallest absolute Gasteiger partial charge is 0.228 e. The summed E-state index contributed by atoms with van der Waals surface area (Å²) in [4.78, 5) is 17.1. The van der Waals surface area contributed by atoms with Gasteiger partial charge in [-0.05, 0) is 36.6 Å². The van der Waals surface area contributed by atoms with Crippen molar-refractivity contribution < 1.29 is 13.2 Å². The van der Waals surface area contributed by atoms with Crippen LogP contribution in [0.2, 0.25) is 5.02 Å². The number of hydrogen-bond acceptors (Lipinski definition) is 5. The number of halogens is 1. The first-order valence-electron chi connectivity index (χ1n) is 8.49. The maximum absolute atomic E-state index is 12.4. The number of nitrogens with zero attached hydrogens (tertiary/aromatic N) is 1. The number of amides is 1. The molecule has 0 saturated heterocycles. The lowest BCUT2D eigenvalue weighted by Gasteiger charge is -2.09. The fourth-order valence-corrected chi connectivity index (χ4v) is 5.21. The van der Waals surface area contributed by atoms with E-state index in [1.807, 2.05) is 6.07 Å². The van der Waals surface area contributed by atoms with Crippen LogP contribution < -0.4 is 5.32 Å². The summed E-state index contributed by atoms with van der Waals surface area (Å²) in [7, 11) is -3.47. The molecule has 1 saturated carbocycles. The van der Waals surface area contributed by atoms with Gasteiger partial charge in [0.2, 0.25) is 5.91 Å². The zero-order valence-corrected chi connectivity index (χ0v) is 16.9. The average molecular weight is 421 g/mol. The zero-order valence-electron chi connectivity index (χ0n) is 14.5. The van der Waals surface area contributed by atoms with Crippen LogP contribution in [0.15, 0.2) is 41.3 Å². The van der Waals surface area contributed by atoms with Crippen LogP contribution in [0.4, 0.5) is 5.69 Å². The first-order chi connectivity index (χ1) is 12.8. The molecule has 27 heavy (non-hydrogen) atoms. The van der Waals surface area contributed by atoms with E-state index >= 15 is 0 Å². The van der Waals surface area contributed by atoms with Crippen molar-refractivity contribution in [2.45, 2.75) is 30.1 Å². The number of rotatable bonds is 5. The van der Waals surface area contributed by atoms with Crippen LogP contribution in [0.25, 0.3) is 10.2 Å². The monoisotopic (exact) mass is 420 g/mol. The van der Waals surface area contributed by atoms with Crippen LogP contribution in [0.3, 0.4) is 0 Å². The second-order valence-electron chi connectivity index (χ2n) is 6.74. The summed E-state index contributed by atoms with van der Waals surface area (Å²) in [5, 5.41) is 4.28. The fraction of sp³-hybridized carbons (Fsp3) is 0.263. The van der Waals surface area contributed by atoms with Crippen LogP contribution in [0.5, 0.6) is 0 Å². The molecule has 1 aromatic heterocycles. The standard InChI is InChI=1S/C19H17ClN2O3S2/c1-27(24,25)16-10-13(9-15-18(16)22-19(26-15)11-6-7-11)21-17(23)8-12-4-2-3-5-14(12)20/h2-5,9-11H,6-8H2,1H3,(H,21,23). The quantitative estimate of drug-likeness (QED) is 0.663. The third kappa shape index (κ3) is 4.00. The predicted octanol–water partition coefficient (Wildman–Crippen LogP) is 4.41. The highest BCUT2D eigenvalue weighted by Crippen LogP contribution is 2.44. The van der Waals surface area contributed by atoms with E-state index in [1.54, 1.807) is 24.3 Å². The van der Waals surface area contributed by atoms with Gasteiger partial charge in [0.25, 0.3) is 0 Å². The Labute approximate surface area is 166 Å². The summed E-state index contributed by atoms with van der Waals surface area (Å²) in [6.07, 6.45) is 3.46. The Morgan fingerprint density at radius 1 is 1.30 bits per heavy atom. The first kappa shape index (κ1) is 18.4. The van der Waals surface area contributed by atoms with Crippen molar-refractivity contribution in [2.75, 3.05) is 11.6 Å². The molecule has 0 spiro atoms. The highest BCUT2D eigenvalue weighted by Gasteiger charge is 2.28. The van der Waals surface area contributed by atoms with E-state index in [-0.39, 0.29) is 17.2 Å². The van der Waals surface area contributed by atoms with Crippen LogP contribution in [0, 0.1) is 0 Å². The maximum Gasteiger partial charge on any atom is 0.228 e. The molecule has 5 nitrogen and oxygen atoms in total. The van der Waals surface area contributed by atoms with Crippen LogP contribution in [0.1, 0.15) is 29.3 Å². The molecule has 4 rings (SSSR count). The molecule has 1 N–H and O–H groups in total. The van der Waals surface area contributed by atoms with Gasteiger partial charge in [0.05, 0.1) is 21.0 Å². The lowest BCUT2D eigenvalue weighted by atomic mass is 10.1. The van der Waals surface area contributed by atoms with E-state index in [2.05, 4.69) is 10.3 Å². The third-order valence-electron chi connectivity index (χ3n) is 4.40. The summed E-state index contributed by atoms with van der Waals surface area (Å²) < 4.78 is 25.3. The van der Waals surface area contributed by atoms with Gasteiger partial charge in [-0.1, -0.05) is 29.8 Å². The molecule has 0 aliphatic heterocycles. The number of aromatic nitrogens is 1. The van der Waals surface area contributed by atoms with Gasteiger partial charge in [-0.2, -0.15) is 0 Å². The maximum atomic E-state index is 12.4. The van der Waals surface area contributed by atoms with Gasteiger partial charge >= 0.3 is 0 Å². The van der Waals surface area contributed by atoms with Gasteiger partial charge < -0.3 is 5.32 Å². The molecule has 3 aromatic rings. The molecular formula is C19H17ClN2O3S2. The number of thiazole rings is 1. The van der Waals surface area contributed by atoms with E-state index < -0.39 is 9.84 Å². The average Bonchev–Trinajstić information content (AvgIpc) is 3.35. The predicted molar refractivity (Wildman–Crippen MR) is 108 cm³/mol. The molecule has 1 heterocycles. The van der Waals surface area contributed by atoms with Gasteiger partial charge in [-0.25, -0.2) is 13.4 Å². The first-order valence-corrected chi connectivity index (χ1v) is 11.6. The zero-order chi connectivity index (χ0) is 19.2. The molecular weight excluding hydrogens is 404 g/mol. The van der Waals surface area contributed by atoms with Crippen LogP contribution in [-0.4, -0.2) is 25.6 Å². The number of sulfone groups is 1. The Kier molecular flexibility index (Phi) is 4.70. The van der Waals surface area contributed by atoms with Gasteiger partial charge in [0, 0.05) is 22.9 Å². The molecule has 1 amide bonds. The number of fused-ring (bicyclic) bond motifs is 1. The minimum absolute atomic E-state index is 0.113. The van der Waals surface area contributed by atoms with Gasteiger partial charge in [0.1, 0.15) is 5.52 Å². The second-order valence-corrected chi connectivity index (χ2v) is 10.2. The summed E-state index contributed by atoms with van der Waals surface area (Å²) in [5.41, 5.74) is 1.66.